The van der Waals surface area contributed by atoms with Crippen LogP contribution < -0.4 is 10.2 Å². The summed E-state index contributed by atoms with van der Waals surface area (Å²) in [5, 5.41) is 34.9. The molecule has 0 spiro atoms. The Hall–Kier alpha value is -3.39. The molecule has 8 heteroatoms. The molecule has 0 amide bonds. The van der Waals surface area contributed by atoms with E-state index in [4.69, 9.17) is 5.26 Å². The number of aromatic nitrogens is 4. The van der Waals surface area contributed by atoms with E-state index in [1.165, 1.54) is 12.6 Å². The number of nitrogens with zero attached hydrogens (tertiary/aromatic N) is 6. The molecule has 1 aromatic heterocycles. The minimum Gasteiger partial charge on any atom is -0.370 e. The Balaban J connectivity index is 1.90. The number of nitriles is 2. The third kappa shape index (κ3) is 3.33. The van der Waals surface area contributed by atoms with Crippen molar-refractivity contribution in [3.8, 4) is 12.1 Å². The van der Waals surface area contributed by atoms with Crippen LogP contribution in [0.5, 0.6) is 0 Å². The molecule has 0 atom stereocenters. The summed E-state index contributed by atoms with van der Waals surface area (Å²) >= 11 is 0. The van der Waals surface area contributed by atoms with E-state index < -0.39 is 0 Å². The maximum atomic E-state index is 9.25. The highest BCUT2D eigenvalue weighted by Gasteiger charge is 2.15. The highest BCUT2D eigenvalue weighted by Crippen LogP contribution is 2.30. The van der Waals surface area contributed by atoms with Crippen molar-refractivity contribution in [1.29, 1.82) is 10.5 Å². The van der Waals surface area contributed by atoms with Gasteiger partial charge in [-0.25, -0.2) is 0 Å². The van der Waals surface area contributed by atoms with Crippen molar-refractivity contribution in [2.24, 2.45) is 0 Å². The molecule has 0 unspecified atom stereocenters. The summed E-state index contributed by atoms with van der Waals surface area (Å²) in [5.74, 6) is 0.223. The van der Waals surface area contributed by atoms with Gasteiger partial charge in [0.25, 0.3) is 0 Å². The molecule has 0 saturated carbocycles. The summed E-state index contributed by atoms with van der Waals surface area (Å²) in [6, 6.07) is 9.72. The molecule has 1 aromatic carbocycles. The fourth-order valence-electron chi connectivity index (χ4n) is 2.70. The van der Waals surface area contributed by atoms with E-state index in [1.54, 1.807) is 6.07 Å². The van der Waals surface area contributed by atoms with Crippen LogP contribution in [0.25, 0.3) is 5.57 Å². The normalized spacial score (nSPS) is 14.8. The van der Waals surface area contributed by atoms with Crippen LogP contribution in [-0.2, 0) is 0 Å². The van der Waals surface area contributed by atoms with E-state index in [0.29, 0.717) is 5.56 Å². The molecular formula is C16H16N8. The molecule has 3 rings (SSSR count). The Morgan fingerprint density at radius 2 is 2.08 bits per heavy atom. The summed E-state index contributed by atoms with van der Waals surface area (Å²) in [4.78, 5) is 2.29. The van der Waals surface area contributed by atoms with Crippen LogP contribution in [0.4, 0.5) is 11.4 Å². The SMILES string of the molecule is N#CC(=CNc1cc(C#N)ccc1N1CCCCC1)c1nn[nH]n1. The molecule has 1 saturated heterocycles. The number of nitrogens with one attached hydrogen (secondary N) is 2. The zero-order valence-electron chi connectivity index (χ0n) is 13.0. The lowest BCUT2D eigenvalue weighted by atomic mass is 10.1. The van der Waals surface area contributed by atoms with Crippen LogP contribution in [0.2, 0.25) is 0 Å². The van der Waals surface area contributed by atoms with Gasteiger partial charge in [0.15, 0.2) is 0 Å². The van der Waals surface area contributed by atoms with Crippen molar-refractivity contribution in [2.75, 3.05) is 23.3 Å². The van der Waals surface area contributed by atoms with Crippen LogP contribution >= 0.6 is 0 Å². The Morgan fingerprint density at radius 1 is 1.25 bits per heavy atom. The van der Waals surface area contributed by atoms with Gasteiger partial charge in [-0.15, -0.1) is 10.2 Å². The highest BCUT2D eigenvalue weighted by molar-refractivity contribution is 5.78. The second-order valence-electron chi connectivity index (χ2n) is 5.44. The number of H-pyrrole nitrogens is 1. The summed E-state index contributed by atoms with van der Waals surface area (Å²) in [7, 11) is 0. The molecule has 1 aliphatic rings. The van der Waals surface area contributed by atoms with Crippen molar-refractivity contribution >= 4 is 16.9 Å². The maximum Gasteiger partial charge on any atom is 0.216 e. The van der Waals surface area contributed by atoms with Gasteiger partial charge in [-0.3, -0.25) is 0 Å². The van der Waals surface area contributed by atoms with Crippen molar-refractivity contribution in [2.45, 2.75) is 19.3 Å². The average Bonchev–Trinajstić information content (AvgIpc) is 3.17. The number of aromatic amines is 1. The number of anilines is 2. The Labute approximate surface area is 139 Å². The highest BCUT2D eigenvalue weighted by atomic mass is 15.5. The van der Waals surface area contributed by atoms with Crippen LogP contribution in [0.1, 0.15) is 30.7 Å². The zero-order chi connectivity index (χ0) is 16.8. The lowest BCUT2D eigenvalue weighted by molar-refractivity contribution is 0.578. The van der Waals surface area contributed by atoms with Crippen LogP contribution in [0, 0.1) is 22.7 Å². The minimum absolute atomic E-state index is 0.223. The largest absolute Gasteiger partial charge is 0.370 e. The first-order chi connectivity index (χ1) is 11.8. The van der Waals surface area contributed by atoms with Crippen molar-refractivity contribution in [3.63, 3.8) is 0 Å². The standard InChI is InChI=1S/C16H16N8/c17-9-12-4-5-15(24-6-2-1-3-7-24)14(8-12)19-11-13(10-18)16-20-22-23-21-16/h4-5,8,11,19H,1-3,6-7H2,(H,20,21,22,23). The summed E-state index contributed by atoms with van der Waals surface area (Å²) < 4.78 is 0. The zero-order valence-corrected chi connectivity index (χ0v) is 13.0. The van der Waals surface area contributed by atoms with Gasteiger partial charge in [-0.1, -0.05) is 0 Å². The fraction of sp³-hybridized carbons (Fsp3) is 0.312. The first-order valence-electron chi connectivity index (χ1n) is 7.71. The number of benzene rings is 1. The Morgan fingerprint density at radius 3 is 2.75 bits per heavy atom. The Kier molecular flexibility index (Phi) is 4.68. The van der Waals surface area contributed by atoms with Crippen LogP contribution in [-0.4, -0.2) is 33.7 Å². The quantitative estimate of drug-likeness (QED) is 0.828. The third-order valence-corrected chi connectivity index (χ3v) is 3.90. The number of hydrogen-bond donors (Lipinski definition) is 2. The van der Waals surface area contributed by atoms with Gasteiger partial charge in [0.1, 0.15) is 11.6 Å². The van der Waals surface area contributed by atoms with Crippen LogP contribution in [0.15, 0.2) is 24.4 Å². The van der Waals surface area contributed by atoms with Crippen molar-refractivity contribution in [3.05, 3.63) is 35.8 Å². The minimum atomic E-state index is 0.223. The summed E-state index contributed by atoms with van der Waals surface area (Å²) in [6.45, 7) is 1.97. The molecule has 120 valence electrons. The molecule has 0 radical (unpaired) electrons. The molecule has 2 heterocycles. The van der Waals surface area contributed by atoms with Gasteiger partial charge >= 0.3 is 0 Å². The molecule has 1 fully saturated rings. The maximum absolute atomic E-state index is 9.25. The van der Waals surface area contributed by atoms with E-state index in [2.05, 4.69) is 36.9 Å². The second-order valence-corrected chi connectivity index (χ2v) is 5.44. The first kappa shape index (κ1) is 15.5. The third-order valence-electron chi connectivity index (χ3n) is 3.90. The lowest BCUT2D eigenvalue weighted by Gasteiger charge is -2.30. The smallest absolute Gasteiger partial charge is 0.216 e. The van der Waals surface area contributed by atoms with Gasteiger partial charge in [-0.05, 0) is 42.7 Å². The number of piperidine rings is 1. The number of allylic oxidation sites excluding steroid dienone is 1. The summed E-state index contributed by atoms with van der Waals surface area (Å²) in [6.07, 6.45) is 5.09. The van der Waals surface area contributed by atoms with Crippen molar-refractivity contribution < 1.29 is 0 Å². The first-order valence-corrected chi connectivity index (χ1v) is 7.71. The van der Waals surface area contributed by atoms with Gasteiger partial charge < -0.3 is 10.2 Å². The molecule has 2 aromatic rings. The number of hydrogen-bond acceptors (Lipinski definition) is 7. The van der Waals surface area contributed by atoms with Crippen molar-refractivity contribution in [1.82, 2.24) is 20.6 Å². The average molecular weight is 320 g/mol. The molecule has 0 aliphatic carbocycles. The predicted octanol–water partition coefficient (Wildman–Crippen LogP) is 2.04. The van der Waals surface area contributed by atoms with Gasteiger partial charge in [0.05, 0.1) is 23.0 Å². The lowest BCUT2D eigenvalue weighted by Crippen LogP contribution is -2.29. The molecule has 8 nitrogen and oxygen atoms in total. The summed E-state index contributed by atoms with van der Waals surface area (Å²) in [5.41, 5.74) is 2.63. The number of tetrazole rings is 1. The molecular weight excluding hydrogens is 304 g/mol. The Bertz CT molecular complexity index is 804. The van der Waals surface area contributed by atoms with Gasteiger partial charge in [0, 0.05) is 19.3 Å². The second kappa shape index (κ2) is 7.25. The van der Waals surface area contributed by atoms with E-state index >= 15 is 0 Å². The number of rotatable bonds is 4. The molecule has 2 N–H and O–H groups in total. The van der Waals surface area contributed by atoms with E-state index in [0.717, 1.165) is 37.3 Å². The van der Waals surface area contributed by atoms with Gasteiger partial charge in [-0.2, -0.15) is 15.7 Å². The monoisotopic (exact) mass is 320 g/mol. The van der Waals surface area contributed by atoms with E-state index in [9.17, 15) is 5.26 Å². The topological polar surface area (TPSA) is 117 Å². The molecule has 0 bridgehead atoms. The predicted molar refractivity (Wildman–Crippen MR) is 88.6 cm³/mol. The molecule has 1 aliphatic heterocycles. The molecule has 24 heavy (non-hydrogen) atoms. The van der Waals surface area contributed by atoms with E-state index in [1.807, 2.05) is 18.2 Å². The van der Waals surface area contributed by atoms with E-state index in [-0.39, 0.29) is 11.4 Å². The van der Waals surface area contributed by atoms with Gasteiger partial charge in [0.2, 0.25) is 5.82 Å². The van der Waals surface area contributed by atoms with Crippen LogP contribution in [0.3, 0.4) is 0 Å². The fourth-order valence-corrected chi connectivity index (χ4v) is 2.70.